The molecule has 1 nitrogen and oxygen atoms in total. The molecule has 0 amide bonds. The smallest absolute Gasteiger partial charge is 0.0684 e. The molecule has 0 bridgehead atoms. The molecule has 2 aromatic carbocycles. The van der Waals surface area contributed by atoms with Gasteiger partial charge in [-0.3, -0.25) is 4.99 Å². The standard InChI is InChI=1S/C18H21N/c1-13-7-5-8-14(2)17(13)11-12-19-18-15(3)9-6-10-16(18)4/h5-10,12H,11H2,1-4H3. The molecule has 1 heteroatoms. The third-order valence-electron chi connectivity index (χ3n) is 3.60. The molecule has 0 saturated heterocycles. The van der Waals surface area contributed by atoms with Gasteiger partial charge in [-0.05, 0) is 55.5 Å². The Morgan fingerprint density at radius 2 is 1.26 bits per heavy atom. The van der Waals surface area contributed by atoms with Gasteiger partial charge in [0.05, 0.1) is 5.69 Å². The lowest BCUT2D eigenvalue weighted by Gasteiger charge is -2.07. The fraction of sp³-hybridized carbons (Fsp3) is 0.278. The first-order chi connectivity index (χ1) is 9.09. The lowest BCUT2D eigenvalue weighted by Crippen LogP contribution is -1.94. The lowest BCUT2D eigenvalue weighted by atomic mass is 10.0. The summed E-state index contributed by atoms with van der Waals surface area (Å²) in [4.78, 5) is 4.66. The lowest BCUT2D eigenvalue weighted by molar-refractivity contribution is 1.21. The van der Waals surface area contributed by atoms with Crippen LogP contribution in [0.4, 0.5) is 5.69 Å². The summed E-state index contributed by atoms with van der Waals surface area (Å²) in [5.74, 6) is 0. The van der Waals surface area contributed by atoms with E-state index in [1.54, 1.807) is 0 Å². The molecule has 0 aliphatic carbocycles. The molecule has 0 atom stereocenters. The molecule has 19 heavy (non-hydrogen) atoms. The van der Waals surface area contributed by atoms with Crippen molar-refractivity contribution >= 4 is 11.9 Å². The predicted molar refractivity (Wildman–Crippen MR) is 83.7 cm³/mol. The summed E-state index contributed by atoms with van der Waals surface area (Å²) in [5, 5.41) is 0. The zero-order valence-corrected chi connectivity index (χ0v) is 12.2. The van der Waals surface area contributed by atoms with E-state index in [1.165, 1.54) is 27.8 Å². The summed E-state index contributed by atoms with van der Waals surface area (Å²) in [6, 6.07) is 12.7. The molecule has 0 aliphatic heterocycles. The second kappa shape index (κ2) is 5.83. The Labute approximate surface area is 116 Å². The van der Waals surface area contributed by atoms with Crippen molar-refractivity contribution in [3.05, 3.63) is 64.2 Å². The maximum absolute atomic E-state index is 4.66. The molecule has 0 unspecified atom stereocenters. The quantitative estimate of drug-likeness (QED) is 0.690. The van der Waals surface area contributed by atoms with Crippen molar-refractivity contribution < 1.29 is 0 Å². The third kappa shape index (κ3) is 3.11. The summed E-state index contributed by atoms with van der Waals surface area (Å²) in [6.07, 6.45) is 2.93. The number of nitrogens with zero attached hydrogens (tertiary/aromatic N) is 1. The minimum Gasteiger partial charge on any atom is -0.260 e. The van der Waals surface area contributed by atoms with Crippen LogP contribution in [-0.4, -0.2) is 6.21 Å². The van der Waals surface area contributed by atoms with Gasteiger partial charge < -0.3 is 0 Å². The minimum atomic E-state index is 0.895. The van der Waals surface area contributed by atoms with Crippen LogP contribution in [0.25, 0.3) is 0 Å². The number of aliphatic imine (C=N–C) groups is 1. The Hall–Kier alpha value is -1.89. The number of hydrogen-bond acceptors (Lipinski definition) is 1. The fourth-order valence-electron chi connectivity index (χ4n) is 2.41. The Bertz CT molecular complexity index is 569. The zero-order chi connectivity index (χ0) is 13.8. The number of benzene rings is 2. The number of aryl methyl sites for hydroxylation is 4. The highest BCUT2D eigenvalue weighted by molar-refractivity contribution is 5.69. The molecule has 2 rings (SSSR count). The molecule has 0 aliphatic rings. The van der Waals surface area contributed by atoms with Crippen LogP contribution in [-0.2, 0) is 6.42 Å². The minimum absolute atomic E-state index is 0.895. The molecular formula is C18H21N. The largest absolute Gasteiger partial charge is 0.260 e. The molecule has 0 heterocycles. The van der Waals surface area contributed by atoms with Crippen molar-refractivity contribution in [2.24, 2.45) is 4.99 Å². The van der Waals surface area contributed by atoms with Crippen LogP contribution in [0.2, 0.25) is 0 Å². The van der Waals surface area contributed by atoms with Gasteiger partial charge in [0.15, 0.2) is 0 Å². The van der Waals surface area contributed by atoms with Crippen LogP contribution in [0.15, 0.2) is 41.4 Å². The average molecular weight is 251 g/mol. The van der Waals surface area contributed by atoms with Gasteiger partial charge in [0.1, 0.15) is 0 Å². The molecule has 0 aromatic heterocycles. The van der Waals surface area contributed by atoms with Crippen LogP contribution in [0.1, 0.15) is 27.8 Å². The average Bonchev–Trinajstić information content (AvgIpc) is 2.36. The van der Waals surface area contributed by atoms with Crippen LogP contribution >= 0.6 is 0 Å². The zero-order valence-electron chi connectivity index (χ0n) is 12.2. The molecule has 0 spiro atoms. The predicted octanol–water partition coefficient (Wildman–Crippen LogP) is 4.87. The summed E-state index contributed by atoms with van der Waals surface area (Å²) in [6.45, 7) is 8.54. The van der Waals surface area contributed by atoms with Gasteiger partial charge in [-0.15, -0.1) is 0 Å². The maximum atomic E-state index is 4.66. The van der Waals surface area contributed by atoms with Crippen LogP contribution in [0.5, 0.6) is 0 Å². The summed E-state index contributed by atoms with van der Waals surface area (Å²) in [7, 11) is 0. The van der Waals surface area contributed by atoms with E-state index in [0.717, 1.165) is 12.1 Å². The SMILES string of the molecule is Cc1cccc(C)c1CC=Nc1c(C)cccc1C. The summed E-state index contributed by atoms with van der Waals surface area (Å²) >= 11 is 0. The topological polar surface area (TPSA) is 12.4 Å². The van der Waals surface area contributed by atoms with Gasteiger partial charge >= 0.3 is 0 Å². The first kappa shape index (κ1) is 13.5. The van der Waals surface area contributed by atoms with E-state index in [0.29, 0.717) is 0 Å². The molecule has 2 aromatic rings. The van der Waals surface area contributed by atoms with Crippen molar-refractivity contribution in [3.63, 3.8) is 0 Å². The molecular weight excluding hydrogens is 230 g/mol. The molecule has 98 valence electrons. The van der Waals surface area contributed by atoms with Crippen molar-refractivity contribution in [2.75, 3.05) is 0 Å². The normalized spacial score (nSPS) is 11.2. The molecule has 0 fully saturated rings. The highest BCUT2D eigenvalue weighted by Crippen LogP contribution is 2.22. The summed E-state index contributed by atoms with van der Waals surface area (Å²) in [5.41, 5.74) is 7.64. The Kier molecular flexibility index (Phi) is 4.16. The van der Waals surface area contributed by atoms with Crippen molar-refractivity contribution in [2.45, 2.75) is 34.1 Å². The number of para-hydroxylation sites is 1. The van der Waals surface area contributed by atoms with Gasteiger partial charge in [-0.2, -0.15) is 0 Å². The highest BCUT2D eigenvalue weighted by atomic mass is 14.7. The number of rotatable bonds is 3. The van der Waals surface area contributed by atoms with Crippen molar-refractivity contribution in [1.82, 2.24) is 0 Å². The van der Waals surface area contributed by atoms with Crippen molar-refractivity contribution in [1.29, 1.82) is 0 Å². The van der Waals surface area contributed by atoms with Gasteiger partial charge in [-0.1, -0.05) is 36.4 Å². The van der Waals surface area contributed by atoms with E-state index in [-0.39, 0.29) is 0 Å². The highest BCUT2D eigenvalue weighted by Gasteiger charge is 2.01. The van der Waals surface area contributed by atoms with Gasteiger partial charge in [0.2, 0.25) is 0 Å². The van der Waals surface area contributed by atoms with Gasteiger partial charge in [0, 0.05) is 12.6 Å². The second-order valence-corrected chi connectivity index (χ2v) is 5.13. The van der Waals surface area contributed by atoms with E-state index in [2.05, 4.69) is 69.1 Å². The van der Waals surface area contributed by atoms with E-state index < -0.39 is 0 Å². The van der Waals surface area contributed by atoms with E-state index >= 15 is 0 Å². The Morgan fingerprint density at radius 3 is 1.79 bits per heavy atom. The number of hydrogen-bond donors (Lipinski definition) is 0. The van der Waals surface area contributed by atoms with Gasteiger partial charge in [-0.25, -0.2) is 0 Å². The fourth-order valence-corrected chi connectivity index (χ4v) is 2.41. The maximum Gasteiger partial charge on any atom is 0.0684 e. The van der Waals surface area contributed by atoms with Gasteiger partial charge in [0.25, 0.3) is 0 Å². The second-order valence-electron chi connectivity index (χ2n) is 5.13. The summed E-state index contributed by atoms with van der Waals surface area (Å²) < 4.78 is 0. The van der Waals surface area contributed by atoms with Crippen LogP contribution in [0, 0.1) is 27.7 Å². The molecule has 0 N–H and O–H groups in total. The third-order valence-corrected chi connectivity index (χ3v) is 3.60. The monoisotopic (exact) mass is 251 g/mol. The first-order valence-electron chi connectivity index (χ1n) is 6.73. The Morgan fingerprint density at radius 1 is 0.789 bits per heavy atom. The van der Waals surface area contributed by atoms with E-state index in [1.807, 2.05) is 6.21 Å². The molecule has 0 radical (unpaired) electrons. The Balaban J connectivity index is 2.21. The van der Waals surface area contributed by atoms with Crippen LogP contribution < -0.4 is 0 Å². The van der Waals surface area contributed by atoms with E-state index in [9.17, 15) is 0 Å². The molecule has 0 saturated carbocycles. The van der Waals surface area contributed by atoms with E-state index in [4.69, 9.17) is 0 Å². The van der Waals surface area contributed by atoms with Crippen molar-refractivity contribution in [3.8, 4) is 0 Å². The first-order valence-corrected chi connectivity index (χ1v) is 6.73. The van der Waals surface area contributed by atoms with Crippen LogP contribution in [0.3, 0.4) is 0 Å².